The molecule has 0 saturated carbocycles. The lowest BCUT2D eigenvalue weighted by molar-refractivity contribution is -0.137. The van der Waals surface area contributed by atoms with Gasteiger partial charge in [0.25, 0.3) is 5.91 Å². The van der Waals surface area contributed by atoms with Crippen molar-refractivity contribution in [2.75, 3.05) is 12.4 Å². The number of carbonyl (C=O) groups is 1. The predicted octanol–water partition coefficient (Wildman–Crippen LogP) is 0.866. The van der Waals surface area contributed by atoms with E-state index in [4.69, 9.17) is 4.74 Å². The van der Waals surface area contributed by atoms with Crippen LogP contribution in [0.15, 0.2) is 61.1 Å². The second kappa shape index (κ2) is 9.14. The zero-order valence-corrected chi connectivity index (χ0v) is 18.2. The summed E-state index contributed by atoms with van der Waals surface area (Å²) in [6.07, 6.45) is -1.98. The summed E-state index contributed by atoms with van der Waals surface area (Å²) < 4.78 is 7.21. The summed E-state index contributed by atoms with van der Waals surface area (Å²) in [6.45, 7) is 0.501. The van der Waals surface area contributed by atoms with E-state index in [1.165, 1.54) is 17.9 Å². The van der Waals surface area contributed by atoms with Crippen LogP contribution in [0.4, 0.5) is 5.82 Å². The first-order valence-electron chi connectivity index (χ1n) is 10.7. The summed E-state index contributed by atoms with van der Waals surface area (Å²) in [5, 5.41) is 26.7. The van der Waals surface area contributed by atoms with Gasteiger partial charge in [0.15, 0.2) is 35.1 Å². The Balaban J connectivity index is 1.57. The van der Waals surface area contributed by atoms with Crippen LogP contribution < -0.4 is 10.6 Å². The van der Waals surface area contributed by atoms with Crippen molar-refractivity contribution in [3.63, 3.8) is 0 Å². The van der Waals surface area contributed by atoms with E-state index in [9.17, 15) is 15.0 Å². The molecule has 174 valence electrons. The first-order valence-corrected chi connectivity index (χ1v) is 10.7. The maximum atomic E-state index is 12.1. The van der Waals surface area contributed by atoms with E-state index in [1.807, 2.05) is 36.4 Å². The Hall–Kier alpha value is -3.93. The van der Waals surface area contributed by atoms with E-state index >= 15 is 0 Å². The molecule has 1 saturated heterocycles. The van der Waals surface area contributed by atoms with Crippen molar-refractivity contribution in [1.29, 1.82) is 0 Å². The third-order valence-corrected chi connectivity index (χ3v) is 5.64. The molecule has 4 atom stereocenters. The number of anilines is 1. The molecule has 4 unspecified atom stereocenters. The van der Waals surface area contributed by atoms with E-state index in [1.54, 1.807) is 18.3 Å². The number of fused-ring (bicyclic) bond motifs is 1. The van der Waals surface area contributed by atoms with E-state index in [0.717, 1.165) is 5.56 Å². The molecule has 1 aliphatic rings. The minimum atomic E-state index is -1.41. The Morgan fingerprint density at radius 2 is 1.85 bits per heavy atom. The molecule has 1 fully saturated rings. The largest absolute Gasteiger partial charge is 0.387 e. The first kappa shape index (κ1) is 21.9. The number of rotatable bonds is 6. The van der Waals surface area contributed by atoms with Crippen LogP contribution >= 0.6 is 0 Å². The number of nitrogens with one attached hydrogen (secondary N) is 2. The van der Waals surface area contributed by atoms with Crippen molar-refractivity contribution in [1.82, 2.24) is 29.8 Å². The van der Waals surface area contributed by atoms with Gasteiger partial charge in [0.2, 0.25) is 0 Å². The molecule has 5 rings (SSSR count). The predicted molar refractivity (Wildman–Crippen MR) is 122 cm³/mol. The number of hydrogen-bond acceptors (Lipinski definition) is 9. The maximum absolute atomic E-state index is 12.1. The quantitative estimate of drug-likeness (QED) is 0.328. The van der Waals surface area contributed by atoms with Crippen molar-refractivity contribution in [3.05, 3.63) is 66.6 Å². The fraction of sp³-hybridized carbons (Fsp3) is 0.261. The van der Waals surface area contributed by atoms with Crippen LogP contribution in [0, 0.1) is 0 Å². The Morgan fingerprint density at radius 3 is 2.59 bits per heavy atom. The number of aliphatic hydroxyl groups is 2. The highest BCUT2D eigenvalue weighted by Gasteiger charge is 2.47. The van der Waals surface area contributed by atoms with Crippen LogP contribution in [0.1, 0.15) is 11.8 Å². The van der Waals surface area contributed by atoms with Gasteiger partial charge in [-0.3, -0.25) is 14.3 Å². The number of likely N-dealkylation sites (N-methyl/N-ethyl adjacent to an activating group) is 1. The third-order valence-electron chi connectivity index (χ3n) is 5.64. The van der Waals surface area contributed by atoms with Gasteiger partial charge in [-0.05, 0) is 17.7 Å². The molecule has 0 radical (unpaired) electrons. The van der Waals surface area contributed by atoms with Crippen molar-refractivity contribution >= 4 is 22.9 Å². The van der Waals surface area contributed by atoms with Gasteiger partial charge in [0.05, 0.1) is 6.33 Å². The molecule has 1 aromatic carbocycles. The van der Waals surface area contributed by atoms with E-state index < -0.39 is 30.4 Å². The molecule has 1 amide bonds. The van der Waals surface area contributed by atoms with Gasteiger partial charge < -0.3 is 25.6 Å². The van der Waals surface area contributed by atoms with Gasteiger partial charge in [0.1, 0.15) is 17.9 Å². The Kier molecular flexibility index (Phi) is 5.88. The van der Waals surface area contributed by atoms with E-state index in [2.05, 4.69) is 30.6 Å². The lowest BCUT2D eigenvalue weighted by atomic mass is 10.1. The highest BCUT2D eigenvalue weighted by Crippen LogP contribution is 2.33. The van der Waals surface area contributed by atoms with Gasteiger partial charge in [0, 0.05) is 19.8 Å². The number of pyridine rings is 1. The Bertz CT molecular complexity index is 1300. The minimum absolute atomic E-state index is 0.348. The first-order chi connectivity index (χ1) is 16.6. The topological polar surface area (TPSA) is 147 Å². The number of nitrogens with zero attached hydrogens (tertiary/aromatic N) is 5. The average molecular weight is 461 g/mol. The number of aromatic nitrogens is 5. The van der Waals surface area contributed by atoms with Crippen LogP contribution in [-0.4, -0.2) is 66.0 Å². The molecule has 0 bridgehead atoms. The van der Waals surface area contributed by atoms with Crippen LogP contribution in [0.25, 0.3) is 22.7 Å². The fourth-order valence-electron chi connectivity index (χ4n) is 3.87. The van der Waals surface area contributed by atoms with Crippen LogP contribution in [0.2, 0.25) is 0 Å². The summed E-state index contributed by atoms with van der Waals surface area (Å²) in [5.74, 6) is 0.290. The van der Waals surface area contributed by atoms with Gasteiger partial charge in [-0.15, -0.1) is 0 Å². The number of carbonyl (C=O) groups excluding carboxylic acids is 1. The van der Waals surface area contributed by atoms with Crippen molar-refractivity contribution < 1.29 is 19.7 Å². The molecule has 34 heavy (non-hydrogen) atoms. The zero-order chi connectivity index (χ0) is 23.7. The normalized spacial score (nSPS) is 22.1. The lowest BCUT2D eigenvalue weighted by Crippen LogP contribution is -2.41. The summed E-state index contributed by atoms with van der Waals surface area (Å²) in [5.41, 5.74) is 2.42. The van der Waals surface area contributed by atoms with Gasteiger partial charge in [-0.2, -0.15) is 0 Å². The number of benzene rings is 1. The maximum Gasteiger partial charge on any atom is 0.251 e. The smallest absolute Gasteiger partial charge is 0.251 e. The molecule has 4 N–H and O–H groups in total. The number of ether oxygens (including phenoxy) is 1. The highest BCUT2D eigenvalue weighted by atomic mass is 16.6. The van der Waals surface area contributed by atoms with Crippen molar-refractivity contribution in [3.8, 4) is 11.5 Å². The van der Waals surface area contributed by atoms with E-state index in [0.29, 0.717) is 35.0 Å². The van der Waals surface area contributed by atoms with Gasteiger partial charge >= 0.3 is 0 Å². The molecule has 1 aliphatic heterocycles. The number of hydrogen-bond donors (Lipinski definition) is 4. The molecule has 4 heterocycles. The van der Waals surface area contributed by atoms with Gasteiger partial charge in [-0.1, -0.05) is 36.4 Å². The van der Waals surface area contributed by atoms with Crippen molar-refractivity contribution in [2.24, 2.45) is 0 Å². The Morgan fingerprint density at radius 1 is 1.06 bits per heavy atom. The highest BCUT2D eigenvalue weighted by molar-refractivity contribution is 5.85. The second-order valence-corrected chi connectivity index (χ2v) is 7.82. The summed E-state index contributed by atoms with van der Waals surface area (Å²) in [7, 11) is 1.43. The summed E-state index contributed by atoms with van der Waals surface area (Å²) in [4.78, 5) is 30.1. The van der Waals surface area contributed by atoms with Crippen LogP contribution in [-0.2, 0) is 16.1 Å². The molecule has 0 aliphatic carbocycles. The molecule has 4 aromatic rings. The lowest BCUT2D eigenvalue weighted by Gasteiger charge is -2.17. The van der Waals surface area contributed by atoms with Gasteiger partial charge in [-0.25, -0.2) is 15.0 Å². The number of amides is 1. The molecule has 11 heteroatoms. The Labute approximate surface area is 194 Å². The molecule has 3 aromatic heterocycles. The molecular formula is C23H23N7O4. The van der Waals surface area contributed by atoms with Crippen LogP contribution in [0.5, 0.6) is 0 Å². The van der Waals surface area contributed by atoms with Crippen molar-refractivity contribution in [2.45, 2.75) is 31.1 Å². The average Bonchev–Trinajstić information content (AvgIpc) is 3.44. The summed E-state index contributed by atoms with van der Waals surface area (Å²) >= 11 is 0. The monoisotopic (exact) mass is 461 g/mol. The fourth-order valence-corrected chi connectivity index (χ4v) is 3.87. The molecule has 11 nitrogen and oxygen atoms in total. The second-order valence-electron chi connectivity index (χ2n) is 7.82. The standard InChI is InChI=1S/C23H23N7O4/c1-24-22(33)18-16(31)17(32)23(34-18)30-12-27-15-20(26-11-13-7-3-2-4-8-13)28-19(29-21(15)30)14-9-5-6-10-25-14/h2-10,12,16-18,23,31-32H,11H2,1H3,(H,24,33)(H,26,28,29). The minimum Gasteiger partial charge on any atom is -0.387 e. The molecule has 0 spiro atoms. The molecular weight excluding hydrogens is 438 g/mol. The van der Waals surface area contributed by atoms with E-state index in [-0.39, 0.29) is 0 Å². The SMILES string of the molecule is CNC(=O)C1OC(n2cnc3c(NCc4ccccc4)nc(-c4ccccn4)nc32)C(O)C1O. The zero-order valence-electron chi connectivity index (χ0n) is 18.2. The third kappa shape index (κ3) is 3.96. The number of aliphatic hydroxyl groups excluding tert-OH is 2. The number of imidazole rings is 1. The van der Waals surface area contributed by atoms with Crippen LogP contribution in [0.3, 0.4) is 0 Å². The summed E-state index contributed by atoms with van der Waals surface area (Å²) in [6, 6.07) is 15.2.